The van der Waals surface area contributed by atoms with Crippen molar-refractivity contribution in [2.24, 2.45) is 0 Å². The summed E-state index contributed by atoms with van der Waals surface area (Å²) in [6, 6.07) is 13.3. The predicted molar refractivity (Wildman–Crippen MR) is 127 cm³/mol. The van der Waals surface area contributed by atoms with Crippen molar-refractivity contribution in [3.63, 3.8) is 0 Å². The molecule has 3 heterocycles. The molecule has 0 bridgehead atoms. The van der Waals surface area contributed by atoms with E-state index in [4.69, 9.17) is 4.98 Å². The summed E-state index contributed by atoms with van der Waals surface area (Å²) in [4.78, 5) is 23.2. The highest BCUT2D eigenvalue weighted by atomic mass is 32.1. The number of nitrogens with one attached hydrogen (secondary N) is 1. The van der Waals surface area contributed by atoms with Crippen molar-refractivity contribution in [1.29, 1.82) is 0 Å². The Kier molecular flexibility index (Phi) is 5.19. The summed E-state index contributed by atoms with van der Waals surface area (Å²) >= 11 is 1.47. The highest BCUT2D eigenvalue weighted by Crippen LogP contribution is 2.39. The maximum Gasteiger partial charge on any atom is 0.274 e. The third-order valence-electron chi connectivity index (χ3n) is 6.14. The summed E-state index contributed by atoms with van der Waals surface area (Å²) in [5.74, 6) is 0.134. The molecular formula is C24H25N5O2S. The van der Waals surface area contributed by atoms with Crippen molar-refractivity contribution in [2.45, 2.75) is 19.4 Å². The van der Waals surface area contributed by atoms with Gasteiger partial charge in [-0.3, -0.25) is 9.89 Å². The maximum absolute atomic E-state index is 13.6. The number of aromatic hydroxyl groups is 1. The molecule has 0 spiro atoms. The average Bonchev–Trinajstić information content (AvgIpc) is 3.52. The van der Waals surface area contributed by atoms with Crippen LogP contribution in [0.1, 0.15) is 22.5 Å². The Bertz CT molecular complexity index is 1290. The predicted octanol–water partition coefficient (Wildman–Crippen LogP) is 4.14. The molecule has 164 valence electrons. The molecule has 2 aromatic carbocycles. The van der Waals surface area contributed by atoms with Gasteiger partial charge in [0.05, 0.1) is 10.4 Å². The smallest absolute Gasteiger partial charge is 0.274 e. The van der Waals surface area contributed by atoms with Gasteiger partial charge >= 0.3 is 0 Å². The molecule has 0 aliphatic carbocycles. The molecule has 2 N–H and O–H groups in total. The number of rotatable bonds is 4. The molecule has 2 aromatic heterocycles. The van der Waals surface area contributed by atoms with Crippen LogP contribution in [0.2, 0.25) is 0 Å². The molecule has 1 fully saturated rings. The van der Waals surface area contributed by atoms with Crippen LogP contribution in [0.25, 0.3) is 32.0 Å². The van der Waals surface area contributed by atoms with Gasteiger partial charge in [-0.2, -0.15) is 5.10 Å². The SMILES string of the molecule is Cc1cccc2c(-c3nc(C(=O)N4CC[C@H](N(C)C)C4)c(-c4ccc(O)cc4)s3)[nH]nc12. The molecule has 0 saturated carbocycles. The second-order valence-corrected chi connectivity index (χ2v) is 9.47. The molecule has 1 aliphatic heterocycles. The van der Waals surface area contributed by atoms with Crippen LogP contribution in [-0.4, -0.2) is 69.2 Å². The molecule has 1 amide bonds. The number of likely N-dealkylation sites (N-methyl/N-ethyl adjacent to an activating group) is 1. The lowest BCUT2D eigenvalue weighted by Gasteiger charge is -2.20. The summed E-state index contributed by atoms with van der Waals surface area (Å²) in [6.45, 7) is 3.44. The Hall–Kier alpha value is -3.23. The Morgan fingerprint density at radius 2 is 2.00 bits per heavy atom. The number of phenols is 1. The number of carbonyl (C=O) groups excluding carboxylic acids is 1. The van der Waals surface area contributed by atoms with Gasteiger partial charge in [0, 0.05) is 24.5 Å². The number of hydrogen-bond donors (Lipinski definition) is 2. The first-order chi connectivity index (χ1) is 15.4. The Morgan fingerprint density at radius 1 is 1.22 bits per heavy atom. The minimum atomic E-state index is -0.0556. The lowest BCUT2D eigenvalue weighted by atomic mass is 10.1. The van der Waals surface area contributed by atoms with E-state index in [1.54, 1.807) is 12.1 Å². The average molecular weight is 448 g/mol. The molecule has 8 heteroatoms. The van der Waals surface area contributed by atoms with Gasteiger partial charge in [-0.05, 0) is 62.8 Å². The number of phenolic OH excluding ortho intramolecular Hbond substituents is 1. The number of aromatic amines is 1. The zero-order chi connectivity index (χ0) is 22.4. The largest absolute Gasteiger partial charge is 0.508 e. The van der Waals surface area contributed by atoms with Crippen LogP contribution >= 0.6 is 11.3 Å². The first kappa shape index (κ1) is 20.7. The van der Waals surface area contributed by atoms with E-state index >= 15 is 0 Å². The normalized spacial score (nSPS) is 16.4. The fraction of sp³-hybridized carbons (Fsp3) is 0.292. The first-order valence-corrected chi connectivity index (χ1v) is 11.4. The number of nitrogens with zero attached hydrogens (tertiary/aromatic N) is 4. The molecule has 4 aromatic rings. The second-order valence-electron chi connectivity index (χ2n) is 8.47. The molecule has 0 radical (unpaired) electrons. The number of likely N-dealkylation sites (tertiary alicyclic amines) is 1. The number of amides is 1. The number of carbonyl (C=O) groups is 1. The zero-order valence-electron chi connectivity index (χ0n) is 18.3. The highest BCUT2D eigenvalue weighted by Gasteiger charge is 2.32. The fourth-order valence-electron chi connectivity index (χ4n) is 4.22. The van der Waals surface area contributed by atoms with Crippen LogP contribution in [0, 0.1) is 6.92 Å². The summed E-state index contributed by atoms with van der Waals surface area (Å²) in [5.41, 5.74) is 4.12. The molecular weight excluding hydrogens is 422 g/mol. The molecule has 1 atom stereocenters. The van der Waals surface area contributed by atoms with Crippen LogP contribution in [0.15, 0.2) is 42.5 Å². The summed E-state index contributed by atoms with van der Waals surface area (Å²) in [6.07, 6.45) is 0.953. The van der Waals surface area contributed by atoms with Gasteiger partial charge in [-0.15, -0.1) is 11.3 Å². The van der Waals surface area contributed by atoms with E-state index in [-0.39, 0.29) is 11.7 Å². The van der Waals surface area contributed by atoms with E-state index in [0.717, 1.165) is 50.6 Å². The Balaban J connectivity index is 1.60. The van der Waals surface area contributed by atoms with E-state index in [1.165, 1.54) is 11.3 Å². The number of fused-ring (bicyclic) bond motifs is 1. The van der Waals surface area contributed by atoms with Crippen molar-refractivity contribution in [3.8, 4) is 26.9 Å². The van der Waals surface area contributed by atoms with Crippen LogP contribution in [-0.2, 0) is 0 Å². The quantitative estimate of drug-likeness (QED) is 0.491. The van der Waals surface area contributed by atoms with Crippen LogP contribution in [0.5, 0.6) is 5.75 Å². The van der Waals surface area contributed by atoms with Gasteiger partial charge in [-0.1, -0.05) is 18.2 Å². The lowest BCUT2D eigenvalue weighted by molar-refractivity contribution is 0.0779. The monoisotopic (exact) mass is 447 g/mol. The lowest BCUT2D eigenvalue weighted by Crippen LogP contribution is -2.34. The van der Waals surface area contributed by atoms with Crippen molar-refractivity contribution < 1.29 is 9.90 Å². The van der Waals surface area contributed by atoms with E-state index in [2.05, 4.69) is 15.1 Å². The van der Waals surface area contributed by atoms with Crippen LogP contribution in [0.4, 0.5) is 0 Å². The van der Waals surface area contributed by atoms with Gasteiger partial charge in [0.2, 0.25) is 0 Å². The number of aromatic nitrogens is 3. The van der Waals surface area contributed by atoms with Gasteiger partial charge in [0.1, 0.15) is 22.1 Å². The van der Waals surface area contributed by atoms with Crippen molar-refractivity contribution in [3.05, 3.63) is 53.7 Å². The van der Waals surface area contributed by atoms with E-state index < -0.39 is 0 Å². The Labute approximate surface area is 190 Å². The third kappa shape index (κ3) is 3.55. The number of para-hydroxylation sites is 1. The topological polar surface area (TPSA) is 85.4 Å². The first-order valence-electron chi connectivity index (χ1n) is 10.6. The van der Waals surface area contributed by atoms with Gasteiger partial charge in [0.25, 0.3) is 5.91 Å². The second kappa shape index (κ2) is 8.03. The van der Waals surface area contributed by atoms with Gasteiger partial charge in [-0.25, -0.2) is 4.98 Å². The molecule has 1 aliphatic rings. The van der Waals surface area contributed by atoms with Crippen molar-refractivity contribution in [2.75, 3.05) is 27.2 Å². The number of hydrogen-bond acceptors (Lipinski definition) is 6. The zero-order valence-corrected chi connectivity index (χ0v) is 19.1. The molecule has 1 saturated heterocycles. The van der Waals surface area contributed by atoms with E-state index in [1.807, 2.05) is 56.3 Å². The Morgan fingerprint density at radius 3 is 2.72 bits per heavy atom. The van der Waals surface area contributed by atoms with Crippen molar-refractivity contribution in [1.82, 2.24) is 25.0 Å². The molecule has 32 heavy (non-hydrogen) atoms. The summed E-state index contributed by atoms with van der Waals surface area (Å²) in [5, 5.41) is 19.1. The van der Waals surface area contributed by atoms with Crippen molar-refractivity contribution >= 4 is 28.1 Å². The fourth-order valence-corrected chi connectivity index (χ4v) is 5.29. The van der Waals surface area contributed by atoms with Crippen LogP contribution in [0.3, 0.4) is 0 Å². The number of H-pyrrole nitrogens is 1. The summed E-state index contributed by atoms with van der Waals surface area (Å²) < 4.78 is 0. The highest BCUT2D eigenvalue weighted by molar-refractivity contribution is 7.18. The summed E-state index contributed by atoms with van der Waals surface area (Å²) in [7, 11) is 4.10. The molecule has 5 rings (SSSR count). The van der Waals surface area contributed by atoms with E-state index in [0.29, 0.717) is 18.3 Å². The van der Waals surface area contributed by atoms with Gasteiger partial charge in [0.15, 0.2) is 0 Å². The molecule has 7 nitrogen and oxygen atoms in total. The number of thiazole rings is 1. The number of aryl methyl sites for hydroxylation is 1. The molecule has 0 unspecified atom stereocenters. The minimum absolute atomic E-state index is 0.0556. The maximum atomic E-state index is 13.6. The third-order valence-corrected chi connectivity index (χ3v) is 7.26. The van der Waals surface area contributed by atoms with Gasteiger partial charge < -0.3 is 14.9 Å². The van der Waals surface area contributed by atoms with Crippen LogP contribution < -0.4 is 0 Å². The number of benzene rings is 2. The van der Waals surface area contributed by atoms with E-state index in [9.17, 15) is 9.90 Å². The standard InChI is InChI=1S/C24H25N5O2S/c1-14-5-4-6-18-19(14)26-27-20(18)23-25-21(22(32-23)15-7-9-17(30)10-8-15)24(31)29-12-11-16(13-29)28(2)3/h4-10,16,30H,11-13H2,1-3H3,(H,26,27)/t16-/m0/s1. The minimum Gasteiger partial charge on any atom is -0.508 e.